The van der Waals surface area contributed by atoms with Crippen LogP contribution in [0.2, 0.25) is 0 Å². The van der Waals surface area contributed by atoms with Crippen LogP contribution in [0, 0.1) is 5.82 Å². The quantitative estimate of drug-likeness (QED) is 0.729. The van der Waals surface area contributed by atoms with E-state index >= 15 is 0 Å². The summed E-state index contributed by atoms with van der Waals surface area (Å²) in [6, 6.07) is 6.05. The van der Waals surface area contributed by atoms with Gasteiger partial charge in [0.05, 0.1) is 6.61 Å². The molecular formula is C12H12FNO2. The minimum atomic E-state index is -0.387. The van der Waals surface area contributed by atoms with Crippen molar-refractivity contribution in [3.05, 3.63) is 35.8 Å². The molecule has 0 atom stereocenters. The molecule has 1 aromatic carbocycles. The van der Waals surface area contributed by atoms with E-state index < -0.39 is 0 Å². The van der Waals surface area contributed by atoms with Gasteiger partial charge in [0.2, 0.25) is 0 Å². The third kappa shape index (κ3) is 1.66. The number of ether oxygens (including phenoxy) is 1. The molecule has 0 N–H and O–H groups in total. The Balaban J connectivity index is 2.55. The summed E-state index contributed by atoms with van der Waals surface area (Å²) in [7, 11) is 1.76. The molecule has 1 heterocycles. The largest absolute Gasteiger partial charge is 0.461 e. The Kier molecular flexibility index (Phi) is 2.64. The van der Waals surface area contributed by atoms with Crippen LogP contribution >= 0.6 is 0 Å². The number of rotatable bonds is 2. The maximum atomic E-state index is 13.0. The summed E-state index contributed by atoms with van der Waals surface area (Å²) in [6.45, 7) is 2.08. The molecule has 0 bridgehead atoms. The number of hydrogen-bond acceptors (Lipinski definition) is 2. The first-order valence-electron chi connectivity index (χ1n) is 5.05. The topological polar surface area (TPSA) is 31.2 Å². The maximum Gasteiger partial charge on any atom is 0.354 e. The van der Waals surface area contributed by atoms with E-state index in [0.717, 1.165) is 5.52 Å². The van der Waals surface area contributed by atoms with Crippen LogP contribution in [0.3, 0.4) is 0 Å². The molecule has 2 aromatic rings. The van der Waals surface area contributed by atoms with Crippen molar-refractivity contribution in [1.29, 1.82) is 0 Å². The molecular weight excluding hydrogens is 209 g/mol. The molecule has 0 aliphatic rings. The zero-order chi connectivity index (χ0) is 11.7. The van der Waals surface area contributed by atoms with Crippen LogP contribution in [0.4, 0.5) is 4.39 Å². The number of aryl methyl sites for hydroxylation is 1. The lowest BCUT2D eigenvalue weighted by molar-refractivity contribution is 0.0516. The lowest BCUT2D eigenvalue weighted by Crippen LogP contribution is -2.09. The van der Waals surface area contributed by atoms with Crippen LogP contribution in [0.1, 0.15) is 17.4 Å². The molecule has 0 amide bonds. The fourth-order valence-electron chi connectivity index (χ4n) is 1.72. The van der Waals surface area contributed by atoms with Crippen molar-refractivity contribution in [2.75, 3.05) is 6.61 Å². The standard InChI is InChI=1S/C12H12FNO2/c1-3-16-12(15)11-7-8-6-9(13)4-5-10(8)14(11)2/h4-7H,3H2,1-2H3. The van der Waals surface area contributed by atoms with Crippen molar-refractivity contribution in [2.45, 2.75) is 6.92 Å². The minimum Gasteiger partial charge on any atom is -0.461 e. The second-order valence-electron chi connectivity index (χ2n) is 3.51. The van der Waals surface area contributed by atoms with Crippen LogP contribution in [-0.2, 0) is 11.8 Å². The minimum absolute atomic E-state index is 0.312. The summed E-state index contributed by atoms with van der Waals surface area (Å²) in [5.41, 5.74) is 1.24. The summed E-state index contributed by atoms with van der Waals surface area (Å²) in [6.07, 6.45) is 0. The monoisotopic (exact) mass is 221 g/mol. The number of carbonyl (C=O) groups excluding carboxylic acids is 1. The number of nitrogens with zero attached hydrogens (tertiary/aromatic N) is 1. The average molecular weight is 221 g/mol. The summed E-state index contributed by atoms with van der Waals surface area (Å²) >= 11 is 0. The van der Waals surface area contributed by atoms with Crippen molar-refractivity contribution in [1.82, 2.24) is 4.57 Å². The zero-order valence-corrected chi connectivity index (χ0v) is 9.16. The maximum absolute atomic E-state index is 13.0. The highest BCUT2D eigenvalue weighted by atomic mass is 19.1. The predicted molar refractivity (Wildman–Crippen MR) is 58.8 cm³/mol. The van der Waals surface area contributed by atoms with Gasteiger partial charge < -0.3 is 9.30 Å². The summed E-state index contributed by atoms with van der Waals surface area (Å²) in [5.74, 6) is -0.699. The molecule has 4 heteroatoms. The second-order valence-corrected chi connectivity index (χ2v) is 3.51. The van der Waals surface area contributed by atoms with Gasteiger partial charge in [0.15, 0.2) is 0 Å². The lowest BCUT2D eigenvalue weighted by atomic mass is 10.2. The van der Waals surface area contributed by atoms with Gasteiger partial charge in [-0.15, -0.1) is 0 Å². The van der Waals surface area contributed by atoms with E-state index in [9.17, 15) is 9.18 Å². The lowest BCUT2D eigenvalue weighted by Gasteiger charge is -2.03. The Morgan fingerprint density at radius 3 is 2.88 bits per heavy atom. The highest BCUT2D eigenvalue weighted by Gasteiger charge is 2.14. The Morgan fingerprint density at radius 2 is 2.19 bits per heavy atom. The summed E-state index contributed by atoms with van der Waals surface area (Å²) in [4.78, 5) is 11.6. The van der Waals surface area contributed by atoms with Crippen LogP contribution < -0.4 is 0 Å². The Bertz CT molecular complexity index is 545. The van der Waals surface area contributed by atoms with Gasteiger partial charge in [-0.3, -0.25) is 0 Å². The molecule has 0 spiro atoms. The van der Waals surface area contributed by atoms with E-state index in [1.165, 1.54) is 12.1 Å². The van der Waals surface area contributed by atoms with E-state index in [4.69, 9.17) is 4.74 Å². The van der Waals surface area contributed by atoms with Crippen molar-refractivity contribution >= 4 is 16.9 Å². The first-order chi connectivity index (χ1) is 7.63. The van der Waals surface area contributed by atoms with Gasteiger partial charge in [-0.05, 0) is 31.2 Å². The van der Waals surface area contributed by atoms with Crippen LogP contribution in [0.15, 0.2) is 24.3 Å². The Morgan fingerprint density at radius 1 is 1.44 bits per heavy atom. The highest BCUT2D eigenvalue weighted by molar-refractivity contribution is 5.95. The number of halogens is 1. The van der Waals surface area contributed by atoms with E-state index in [2.05, 4.69) is 0 Å². The molecule has 16 heavy (non-hydrogen) atoms. The van der Waals surface area contributed by atoms with E-state index in [0.29, 0.717) is 17.7 Å². The number of hydrogen-bond donors (Lipinski definition) is 0. The van der Waals surface area contributed by atoms with Crippen molar-refractivity contribution in [3.63, 3.8) is 0 Å². The Hall–Kier alpha value is -1.84. The van der Waals surface area contributed by atoms with Crippen LogP contribution in [-0.4, -0.2) is 17.1 Å². The smallest absolute Gasteiger partial charge is 0.354 e. The van der Waals surface area contributed by atoms with Gasteiger partial charge >= 0.3 is 5.97 Å². The van der Waals surface area contributed by atoms with Crippen molar-refractivity contribution < 1.29 is 13.9 Å². The summed E-state index contributed by atoms with van der Waals surface area (Å²) in [5, 5.41) is 0.700. The van der Waals surface area contributed by atoms with E-state index in [1.807, 2.05) is 0 Å². The zero-order valence-electron chi connectivity index (χ0n) is 9.16. The molecule has 3 nitrogen and oxygen atoms in total. The first kappa shape index (κ1) is 10.7. The van der Waals surface area contributed by atoms with Gasteiger partial charge in [0.1, 0.15) is 11.5 Å². The van der Waals surface area contributed by atoms with Crippen molar-refractivity contribution in [3.8, 4) is 0 Å². The molecule has 1 aromatic heterocycles. The van der Waals surface area contributed by atoms with Gasteiger partial charge in [0.25, 0.3) is 0 Å². The number of benzene rings is 1. The SMILES string of the molecule is CCOC(=O)c1cc2cc(F)ccc2n1C. The molecule has 0 unspecified atom stereocenters. The third-order valence-electron chi connectivity index (χ3n) is 2.49. The fourth-order valence-corrected chi connectivity index (χ4v) is 1.72. The average Bonchev–Trinajstić information content (AvgIpc) is 2.56. The Labute approximate surface area is 92.4 Å². The van der Waals surface area contributed by atoms with Crippen molar-refractivity contribution in [2.24, 2.45) is 7.05 Å². The molecule has 0 saturated carbocycles. The fraction of sp³-hybridized carbons (Fsp3) is 0.250. The molecule has 0 fully saturated rings. The molecule has 0 aliphatic heterocycles. The molecule has 0 aliphatic carbocycles. The molecule has 0 radical (unpaired) electrons. The number of fused-ring (bicyclic) bond motifs is 1. The number of aromatic nitrogens is 1. The molecule has 0 saturated heterocycles. The van der Waals surface area contributed by atoms with Gasteiger partial charge in [0, 0.05) is 18.0 Å². The third-order valence-corrected chi connectivity index (χ3v) is 2.49. The highest BCUT2D eigenvalue weighted by Crippen LogP contribution is 2.20. The first-order valence-corrected chi connectivity index (χ1v) is 5.05. The van der Waals surface area contributed by atoms with E-state index in [-0.39, 0.29) is 11.8 Å². The molecule has 84 valence electrons. The molecule has 2 rings (SSSR count). The summed E-state index contributed by atoms with van der Waals surface area (Å²) < 4.78 is 19.6. The van der Waals surface area contributed by atoms with Crippen LogP contribution in [0.25, 0.3) is 10.9 Å². The predicted octanol–water partition coefficient (Wildman–Crippen LogP) is 2.49. The van der Waals surface area contributed by atoms with Gasteiger partial charge in [-0.25, -0.2) is 9.18 Å². The van der Waals surface area contributed by atoms with Gasteiger partial charge in [-0.1, -0.05) is 0 Å². The van der Waals surface area contributed by atoms with E-state index in [1.54, 1.807) is 30.7 Å². The normalized spacial score (nSPS) is 10.7. The van der Waals surface area contributed by atoms with Gasteiger partial charge in [-0.2, -0.15) is 0 Å². The number of carbonyl (C=O) groups is 1. The van der Waals surface area contributed by atoms with Crippen LogP contribution in [0.5, 0.6) is 0 Å². The second kappa shape index (κ2) is 3.96. The number of esters is 1.